The van der Waals surface area contributed by atoms with E-state index in [9.17, 15) is 8.42 Å². The molecule has 140 valence electrons. The van der Waals surface area contributed by atoms with Gasteiger partial charge in [0, 0.05) is 18.1 Å². The number of hydrogen-bond donors (Lipinski definition) is 0. The van der Waals surface area contributed by atoms with Crippen LogP contribution in [0.5, 0.6) is 17.2 Å². The van der Waals surface area contributed by atoms with E-state index >= 15 is 0 Å². The maximum atomic E-state index is 11.5. The Morgan fingerprint density at radius 2 is 1.76 bits per heavy atom. The summed E-state index contributed by atoms with van der Waals surface area (Å²) < 4.78 is 45.0. The molecule has 0 aliphatic heterocycles. The lowest BCUT2D eigenvalue weighted by Crippen LogP contribution is -2.19. The molecule has 25 heavy (non-hydrogen) atoms. The second kappa shape index (κ2) is 8.10. The first kappa shape index (κ1) is 19.6. The summed E-state index contributed by atoms with van der Waals surface area (Å²) in [5.41, 5.74) is 2.43. The lowest BCUT2D eigenvalue weighted by atomic mass is 9.91. The monoisotopic (exact) mass is 370 g/mol. The summed E-state index contributed by atoms with van der Waals surface area (Å²) in [6.07, 6.45) is 4.11. The van der Waals surface area contributed by atoms with Crippen LogP contribution in [0.4, 0.5) is 0 Å². The van der Waals surface area contributed by atoms with Crippen LogP contribution in [0, 0.1) is 0 Å². The SMILES string of the molecule is C=C1C[C@@H](OS(C)(=O)=O)CCCCc2c(OC)cc(OC)c1c2OC. The van der Waals surface area contributed by atoms with Crippen LogP contribution >= 0.6 is 0 Å². The van der Waals surface area contributed by atoms with Gasteiger partial charge in [0.25, 0.3) is 10.1 Å². The predicted octanol–water partition coefficient (Wildman–Crippen LogP) is 3.19. The van der Waals surface area contributed by atoms with Crippen molar-refractivity contribution in [3.05, 3.63) is 23.8 Å². The van der Waals surface area contributed by atoms with Gasteiger partial charge in [-0.25, -0.2) is 0 Å². The Kier molecular flexibility index (Phi) is 6.35. The van der Waals surface area contributed by atoms with Gasteiger partial charge in [0.15, 0.2) is 0 Å². The highest BCUT2D eigenvalue weighted by atomic mass is 32.2. The Balaban J connectivity index is 2.54. The fraction of sp³-hybridized carbons (Fsp3) is 0.556. The summed E-state index contributed by atoms with van der Waals surface area (Å²) in [7, 11) is 1.26. The van der Waals surface area contributed by atoms with Crippen molar-refractivity contribution < 1.29 is 26.8 Å². The molecule has 1 aromatic rings. The van der Waals surface area contributed by atoms with E-state index in [2.05, 4.69) is 6.58 Å². The van der Waals surface area contributed by atoms with Crippen LogP contribution in [0.3, 0.4) is 0 Å². The number of benzene rings is 1. The molecule has 1 atom stereocenters. The van der Waals surface area contributed by atoms with Gasteiger partial charge in [-0.3, -0.25) is 4.18 Å². The number of methoxy groups -OCH3 is 3. The van der Waals surface area contributed by atoms with E-state index in [1.54, 1.807) is 21.3 Å². The molecule has 0 N–H and O–H groups in total. The van der Waals surface area contributed by atoms with E-state index in [-0.39, 0.29) is 0 Å². The van der Waals surface area contributed by atoms with Crippen molar-refractivity contribution in [3.63, 3.8) is 0 Å². The quantitative estimate of drug-likeness (QED) is 0.742. The molecule has 1 aromatic carbocycles. The maximum Gasteiger partial charge on any atom is 0.264 e. The Bertz CT molecular complexity index is 738. The Morgan fingerprint density at radius 1 is 1.08 bits per heavy atom. The Labute approximate surface area is 149 Å². The van der Waals surface area contributed by atoms with Crippen LogP contribution in [0.1, 0.15) is 36.8 Å². The highest BCUT2D eigenvalue weighted by molar-refractivity contribution is 7.86. The van der Waals surface area contributed by atoms with Crippen LogP contribution in [-0.2, 0) is 20.7 Å². The van der Waals surface area contributed by atoms with Crippen LogP contribution in [0.25, 0.3) is 5.57 Å². The molecule has 2 bridgehead atoms. The molecular formula is C18H26O6S. The second-order valence-electron chi connectivity index (χ2n) is 6.14. The second-order valence-corrected chi connectivity index (χ2v) is 7.74. The number of ether oxygens (including phenoxy) is 3. The summed E-state index contributed by atoms with van der Waals surface area (Å²) in [6.45, 7) is 4.14. The van der Waals surface area contributed by atoms with Crippen molar-refractivity contribution >= 4 is 15.7 Å². The minimum atomic E-state index is -3.53. The molecule has 0 aromatic heterocycles. The number of hydrogen-bond acceptors (Lipinski definition) is 6. The first-order valence-corrected chi connectivity index (χ1v) is 10.0. The molecule has 0 spiro atoms. The van der Waals surface area contributed by atoms with E-state index < -0.39 is 16.2 Å². The third kappa shape index (κ3) is 4.67. The molecule has 0 saturated heterocycles. The van der Waals surface area contributed by atoms with Crippen LogP contribution in [0.2, 0.25) is 0 Å². The smallest absolute Gasteiger partial charge is 0.264 e. The average molecular weight is 370 g/mol. The van der Waals surface area contributed by atoms with Crippen molar-refractivity contribution in [2.45, 2.75) is 38.2 Å². The normalized spacial score (nSPS) is 18.6. The molecule has 0 heterocycles. The molecule has 2 rings (SSSR count). The van der Waals surface area contributed by atoms with Crippen molar-refractivity contribution in [2.24, 2.45) is 0 Å². The summed E-state index contributed by atoms with van der Waals surface area (Å²) in [5.74, 6) is 1.97. The van der Waals surface area contributed by atoms with Gasteiger partial charge in [0.05, 0.1) is 39.3 Å². The lowest BCUT2D eigenvalue weighted by Gasteiger charge is -2.25. The lowest BCUT2D eigenvalue weighted by molar-refractivity contribution is 0.201. The molecule has 1 aliphatic rings. The molecule has 0 radical (unpaired) electrons. The zero-order chi connectivity index (χ0) is 18.6. The molecule has 0 fully saturated rings. The van der Waals surface area contributed by atoms with Gasteiger partial charge in [-0.1, -0.05) is 13.0 Å². The van der Waals surface area contributed by atoms with Gasteiger partial charge >= 0.3 is 0 Å². The van der Waals surface area contributed by atoms with E-state index in [4.69, 9.17) is 18.4 Å². The molecular weight excluding hydrogens is 344 g/mol. The van der Waals surface area contributed by atoms with Gasteiger partial charge in [0.2, 0.25) is 0 Å². The Morgan fingerprint density at radius 3 is 2.32 bits per heavy atom. The van der Waals surface area contributed by atoms with Gasteiger partial charge < -0.3 is 14.2 Å². The third-order valence-corrected chi connectivity index (χ3v) is 4.91. The van der Waals surface area contributed by atoms with Crippen molar-refractivity contribution in [1.82, 2.24) is 0 Å². The Hall–Kier alpha value is -1.73. The summed E-state index contributed by atoms with van der Waals surface area (Å²) >= 11 is 0. The predicted molar refractivity (Wildman–Crippen MR) is 97.0 cm³/mol. The van der Waals surface area contributed by atoms with Gasteiger partial charge in [-0.2, -0.15) is 8.42 Å². The summed E-state index contributed by atoms with van der Waals surface area (Å²) in [4.78, 5) is 0. The van der Waals surface area contributed by atoms with Crippen LogP contribution in [-0.4, -0.2) is 42.1 Å². The standard InChI is InChI=1S/C18H26O6S/c1-12-10-13(24-25(5,19)20)8-6-7-9-14-15(21-2)11-16(22-3)17(12)18(14)23-4/h11,13H,1,6-10H2,2-5H3/t13-/m0/s1. The summed E-state index contributed by atoms with van der Waals surface area (Å²) in [5, 5.41) is 0. The van der Waals surface area contributed by atoms with E-state index in [0.717, 1.165) is 42.4 Å². The molecule has 1 aliphatic carbocycles. The van der Waals surface area contributed by atoms with Crippen molar-refractivity contribution in [1.29, 1.82) is 0 Å². The van der Waals surface area contributed by atoms with Gasteiger partial charge in [-0.15, -0.1) is 0 Å². The minimum absolute atomic E-state index is 0.381. The van der Waals surface area contributed by atoms with Gasteiger partial charge in [0.1, 0.15) is 17.2 Å². The fourth-order valence-corrected chi connectivity index (χ4v) is 3.93. The van der Waals surface area contributed by atoms with E-state index in [0.29, 0.717) is 29.9 Å². The summed E-state index contributed by atoms with van der Waals surface area (Å²) in [6, 6.07) is 1.83. The molecule has 0 unspecified atom stereocenters. The first-order chi connectivity index (χ1) is 11.8. The molecule has 6 nitrogen and oxygen atoms in total. The largest absolute Gasteiger partial charge is 0.496 e. The highest BCUT2D eigenvalue weighted by Gasteiger charge is 2.26. The van der Waals surface area contributed by atoms with Crippen molar-refractivity contribution in [2.75, 3.05) is 27.6 Å². The number of rotatable bonds is 5. The van der Waals surface area contributed by atoms with Crippen LogP contribution in [0.15, 0.2) is 12.6 Å². The van der Waals surface area contributed by atoms with E-state index in [1.807, 2.05) is 6.07 Å². The zero-order valence-electron chi connectivity index (χ0n) is 15.3. The fourth-order valence-electron chi connectivity index (χ4n) is 3.27. The number of fused-ring (bicyclic) bond motifs is 2. The molecule has 0 saturated carbocycles. The maximum absolute atomic E-state index is 11.5. The van der Waals surface area contributed by atoms with Crippen molar-refractivity contribution in [3.8, 4) is 17.2 Å². The average Bonchev–Trinajstić information content (AvgIpc) is 2.54. The minimum Gasteiger partial charge on any atom is -0.496 e. The topological polar surface area (TPSA) is 71.1 Å². The third-order valence-electron chi connectivity index (χ3n) is 4.29. The van der Waals surface area contributed by atoms with E-state index in [1.165, 1.54) is 0 Å². The molecule has 7 heteroatoms. The zero-order valence-corrected chi connectivity index (χ0v) is 16.1. The van der Waals surface area contributed by atoms with Gasteiger partial charge in [-0.05, 0) is 24.8 Å². The first-order valence-electron chi connectivity index (χ1n) is 8.19. The van der Waals surface area contributed by atoms with Crippen LogP contribution < -0.4 is 14.2 Å². The molecule has 0 amide bonds. The highest BCUT2D eigenvalue weighted by Crippen LogP contribution is 2.45.